The fraction of sp³-hybridized carbons (Fsp3) is 0.750. The second-order valence-corrected chi connectivity index (χ2v) is 5.22. The number of thiol groups is 1. The lowest BCUT2D eigenvalue weighted by Gasteiger charge is -2.27. The molecule has 0 spiro atoms. The Morgan fingerprint density at radius 3 is 2.53 bits per heavy atom. The third-order valence-corrected chi connectivity index (χ3v) is 4.52. The van der Waals surface area contributed by atoms with E-state index >= 15 is 0 Å². The minimum atomic E-state index is 0.432. The molecule has 15 heavy (non-hydrogen) atoms. The first-order valence-electron chi connectivity index (χ1n) is 5.76. The maximum atomic E-state index is 4.54. The molecule has 3 heteroatoms. The fourth-order valence-electron chi connectivity index (χ4n) is 2.56. The van der Waals surface area contributed by atoms with Crippen molar-refractivity contribution in [3.05, 3.63) is 17.7 Å². The van der Waals surface area contributed by atoms with Crippen LogP contribution in [0.25, 0.3) is 0 Å². The Morgan fingerprint density at radius 2 is 2.07 bits per heavy atom. The molecule has 0 saturated heterocycles. The van der Waals surface area contributed by atoms with Gasteiger partial charge in [0.15, 0.2) is 0 Å². The minimum absolute atomic E-state index is 0.432. The van der Waals surface area contributed by atoms with Gasteiger partial charge in [0, 0.05) is 12.2 Å². The van der Waals surface area contributed by atoms with Crippen LogP contribution in [-0.2, 0) is 6.54 Å². The summed E-state index contributed by atoms with van der Waals surface area (Å²) >= 11 is 4.54. The first-order valence-corrected chi connectivity index (χ1v) is 6.39. The molecule has 1 aliphatic rings. The van der Waals surface area contributed by atoms with E-state index in [4.69, 9.17) is 0 Å². The molecule has 1 fully saturated rings. The minimum Gasteiger partial charge on any atom is -0.334 e. The molecule has 0 radical (unpaired) electrons. The summed E-state index contributed by atoms with van der Waals surface area (Å²) in [7, 11) is 0. The molecular formula is C12H20N2S. The van der Waals surface area contributed by atoms with Gasteiger partial charge in [-0.1, -0.05) is 12.8 Å². The van der Waals surface area contributed by atoms with Crippen molar-refractivity contribution in [2.75, 3.05) is 5.75 Å². The molecular weight excluding hydrogens is 204 g/mol. The Labute approximate surface area is 97.5 Å². The topological polar surface area (TPSA) is 17.8 Å². The number of hydrogen-bond donors (Lipinski definition) is 1. The zero-order valence-corrected chi connectivity index (χ0v) is 10.6. The molecule has 0 atom stereocenters. The summed E-state index contributed by atoms with van der Waals surface area (Å²) < 4.78 is 2.30. The van der Waals surface area contributed by atoms with Crippen LogP contribution in [0.4, 0.5) is 0 Å². The summed E-state index contributed by atoms with van der Waals surface area (Å²) in [6.45, 7) is 5.33. The van der Waals surface area contributed by atoms with Crippen LogP contribution in [0, 0.1) is 19.3 Å². The van der Waals surface area contributed by atoms with E-state index in [1.807, 2.05) is 6.33 Å². The van der Waals surface area contributed by atoms with Crippen LogP contribution in [0.2, 0.25) is 0 Å². The van der Waals surface area contributed by atoms with Gasteiger partial charge in [0.05, 0.1) is 12.0 Å². The van der Waals surface area contributed by atoms with E-state index in [-0.39, 0.29) is 0 Å². The summed E-state index contributed by atoms with van der Waals surface area (Å²) in [5.41, 5.74) is 2.89. The van der Waals surface area contributed by atoms with E-state index < -0.39 is 0 Å². The Balaban J connectivity index is 2.16. The Bertz CT molecular complexity index is 337. The quantitative estimate of drug-likeness (QED) is 0.781. The van der Waals surface area contributed by atoms with Gasteiger partial charge in [0.25, 0.3) is 0 Å². The largest absolute Gasteiger partial charge is 0.334 e. The predicted molar refractivity (Wildman–Crippen MR) is 66.5 cm³/mol. The fourth-order valence-corrected chi connectivity index (χ4v) is 2.97. The van der Waals surface area contributed by atoms with Crippen LogP contribution in [-0.4, -0.2) is 15.3 Å². The average molecular weight is 224 g/mol. The predicted octanol–water partition coefficient (Wildman–Crippen LogP) is 2.99. The number of rotatable bonds is 3. The first kappa shape index (κ1) is 11.1. The van der Waals surface area contributed by atoms with Crippen molar-refractivity contribution in [2.45, 2.75) is 46.1 Å². The number of hydrogen-bond acceptors (Lipinski definition) is 2. The maximum Gasteiger partial charge on any atom is 0.0951 e. The Morgan fingerprint density at radius 1 is 1.40 bits per heavy atom. The van der Waals surface area contributed by atoms with Gasteiger partial charge in [0.1, 0.15) is 0 Å². The third kappa shape index (κ3) is 2.07. The van der Waals surface area contributed by atoms with Crippen molar-refractivity contribution < 1.29 is 0 Å². The van der Waals surface area contributed by atoms with Crippen molar-refractivity contribution in [3.8, 4) is 0 Å². The molecule has 2 nitrogen and oxygen atoms in total. The molecule has 84 valence electrons. The highest BCUT2D eigenvalue weighted by molar-refractivity contribution is 7.80. The highest BCUT2D eigenvalue weighted by Crippen LogP contribution is 2.40. The molecule has 1 aromatic heterocycles. The smallest absolute Gasteiger partial charge is 0.0951 e. The maximum absolute atomic E-state index is 4.54. The van der Waals surface area contributed by atoms with Gasteiger partial charge in [-0.05, 0) is 37.9 Å². The summed E-state index contributed by atoms with van der Waals surface area (Å²) in [6.07, 6.45) is 7.37. The van der Waals surface area contributed by atoms with Crippen LogP contribution in [0.15, 0.2) is 6.33 Å². The van der Waals surface area contributed by atoms with Crippen molar-refractivity contribution in [1.82, 2.24) is 9.55 Å². The molecule has 0 bridgehead atoms. The van der Waals surface area contributed by atoms with Gasteiger partial charge in [0.2, 0.25) is 0 Å². The Kier molecular flexibility index (Phi) is 3.10. The van der Waals surface area contributed by atoms with Crippen molar-refractivity contribution >= 4 is 12.6 Å². The van der Waals surface area contributed by atoms with Crippen LogP contribution >= 0.6 is 12.6 Å². The van der Waals surface area contributed by atoms with E-state index in [0.717, 1.165) is 18.0 Å². The van der Waals surface area contributed by atoms with Gasteiger partial charge in [-0.2, -0.15) is 12.6 Å². The van der Waals surface area contributed by atoms with Crippen molar-refractivity contribution in [1.29, 1.82) is 0 Å². The molecule has 0 aliphatic heterocycles. The Hall–Kier alpha value is -0.440. The summed E-state index contributed by atoms with van der Waals surface area (Å²) in [5, 5.41) is 0. The van der Waals surface area contributed by atoms with Crippen LogP contribution < -0.4 is 0 Å². The standard InChI is InChI=1S/C12H20N2S/c1-10-11(2)14(9-13-10)7-12(8-15)5-3-4-6-12/h9,15H,3-8H2,1-2H3. The van der Waals surface area contributed by atoms with E-state index in [2.05, 4.69) is 36.0 Å². The van der Waals surface area contributed by atoms with Gasteiger partial charge < -0.3 is 4.57 Å². The normalized spacial score (nSPS) is 19.7. The summed E-state index contributed by atoms with van der Waals surface area (Å²) in [4.78, 5) is 4.36. The molecule has 0 amide bonds. The molecule has 1 saturated carbocycles. The zero-order chi connectivity index (χ0) is 10.9. The van der Waals surface area contributed by atoms with E-state index in [1.165, 1.54) is 31.4 Å². The average Bonchev–Trinajstić information content (AvgIpc) is 2.82. The van der Waals surface area contributed by atoms with Crippen LogP contribution in [0.3, 0.4) is 0 Å². The van der Waals surface area contributed by atoms with Crippen molar-refractivity contribution in [2.24, 2.45) is 5.41 Å². The molecule has 0 unspecified atom stereocenters. The number of aromatic nitrogens is 2. The van der Waals surface area contributed by atoms with Gasteiger partial charge in [-0.25, -0.2) is 4.98 Å². The van der Waals surface area contributed by atoms with E-state index in [9.17, 15) is 0 Å². The second-order valence-electron chi connectivity index (χ2n) is 4.91. The molecule has 1 heterocycles. The lowest BCUT2D eigenvalue weighted by Crippen LogP contribution is -2.25. The molecule has 1 aromatic rings. The number of aryl methyl sites for hydroxylation is 1. The first-order chi connectivity index (χ1) is 7.17. The van der Waals surface area contributed by atoms with Gasteiger partial charge >= 0.3 is 0 Å². The van der Waals surface area contributed by atoms with Crippen LogP contribution in [0.5, 0.6) is 0 Å². The highest BCUT2D eigenvalue weighted by Gasteiger charge is 2.33. The number of nitrogens with zero attached hydrogens (tertiary/aromatic N) is 2. The monoisotopic (exact) mass is 224 g/mol. The lowest BCUT2D eigenvalue weighted by atomic mass is 9.88. The number of imidazole rings is 1. The molecule has 0 N–H and O–H groups in total. The molecule has 1 aliphatic carbocycles. The van der Waals surface area contributed by atoms with Gasteiger partial charge in [-0.3, -0.25) is 0 Å². The molecule has 0 aromatic carbocycles. The lowest BCUT2D eigenvalue weighted by molar-refractivity contribution is 0.288. The SMILES string of the molecule is Cc1ncn(CC2(CS)CCCC2)c1C. The highest BCUT2D eigenvalue weighted by atomic mass is 32.1. The zero-order valence-electron chi connectivity index (χ0n) is 9.66. The molecule has 2 rings (SSSR count). The van der Waals surface area contributed by atoms with E-state index in [1.54, 1.807) is 0 Å². The van der Waals surface area contributed by atoms with E-state index in [0.29, 0.717) is 5.41 Å². The summed E-state index contributed by atoms with van der Waals surface area (Å²) in [6, 6.07) is 0. The van der Waals surface area contributed by atoms with Crippen molar-refractivity contribution in [3.63, 3.8) is 0 Å². The van der Waals surface area contributed by atoms with Gasteiger partial charge in [-0.15, -0.1) is 0 Å². The summed E-state index contributed by atoms with van der Waals surface area (Å²) in [5.74, 6) is 1.00. The van der Waals surface area contributed by atoms with Crippen LogP contribution in [0.1, 0.15) is 37.1 Å². The third-order valence-electron chi connectivity index (χ3n) is 3.85. The second kappa shape index (κ2) is 4.20.